The summed E-state index contributed by atoms with van der Waals surface area (Å²) < 4.78 is 13.4. The smallest absolute Gasteiger partial charge is 0.126 e. The molecule has 0 saturated heterocycles. The van der Waals surface area contributed by atoms with E-state index in [1.807, 2.05) is 31.2 Å². The molecule has 0 amide bonds. The lowest BCUT2D eigenvalue weighted by Crippen LogP contribution is -2.00. The lowest BCUT2D eigenvalue weighted by Gasteiger charge is -2.12. The van der Waals surface area contributed by atoms with Gasteiger partial charge in [-0.25, -0.2) is 4.39 Å². The van der Waals surface area contributed by atoms with Gasteiger partial charge in [0.25, 0.3) is 0 Å². The van der Waals surface area contributed by atoms with Crippen LogP contribution in [0, 0.1) is 19.7 Å². The van der Waals surface area contributed by atoms with Crippen molar-refractivity contribution >= 4 is 0 Å². The molecule has 0 aliphatic rings. The first kappa shape index (κ1) is 11.8. The second-order valence-corrected chi connectivity index (χ2v) is 4.32. The summed E-state index contributed by atoms with van der Waals surface area (Å²) in [4.78, 5) is 0. The highest BCUT2D eigenvalue weighted by Gasteiger charge is 2.11. The zero-order valence-electron chi connectivity index (χ0n) is 9.94. The van der Waals surface area contributed by atoms with E-state index in [0.29, 0.717) is 11.1 Å². The third kappa shape index (κ3) is 2.53. The molecular formula is C15H15FO. The maximum Gasteiger partial charge on any atom is 0.126 e. The van der Waals surface area contributed by atoms with Crippen molar-refractivity contribution in [2.45, 2.75) is 20.0 Å². The van der Waals surface area contributed by atoms with Crippen LogP contribution in [0.25, 0.3) is 0 Å². The van der Waals surface area contributed by atoms with Gasteiger partial charge in [0.2, 0.25) is 0 Å². The van der Waals surface area contributed by atoms with Crippen molar-refractivity contribution in [1.82, 2.24) is 0 Å². The van der Waals surface area contributed by atoms with Gasteiger partial charge in [-0.15, -0.1) is 0 Å². The SMILES string of the molecule is Cc1ccc(C(O)c2ccc(C)c(F)c2)cc1. The van der Waals surface area contributed by atoms with E-state index < -0.39 is 6.10 Å². The average Bonchev–Trinajstić information content (AvgIpc) is 2.33. The Labute approximate surface area is 101 Å². The van der Waals surface area contributed by atoms with Crippen molar-refractivity contribution in [3.63, 3.8) is 0 Å². The fourth-order valence-corrected chi connectivity index (χ4v) is 1.72. The van der Waals surface area contributed by atoms with E-state index >= 15 is 0 Å². The van der Waals surface area contributed by atoms with Crippen LogP contribution in [0.2, 0.25) is 0 Å². The Hall–Kier alpha value is -1.67. The van der Waals surface area contributed by atoms with Crippen molar-refractivity contribution in [3.05, 3.63) is 70.5 Å². The van der Waals surface area contributed by atoms with E-state index in [2.05, 4.69) is 0 Å². The topological polar surface area (TPSA) is 20.2 Å². The van der Waals surface area contributed by atoms with Gasteiger partial charge < -0.3 is 5.11 Å². The number of halogens is 1. The highest BCUT2D eigenvalue weighted by molar-refractivity contribution is 5.33. The molecule has 2 aromatic carbocycles. The van der Waals surface area contributed by atoms with Crippen LogP contribution in [0.15, 0.2) is 42.5 Å². The molecule has 1 nitrogen and oxygen atoms in total. The van der Waals surface area contributed by atoms with Crippen LogP contribution in [0.3, 0.4) is 0 Å². The Morgan fingerprint density at radius 2 is 1.53 bits per heavy atom. The molecule has 1 atom stereocenters. The first-order valence-electron chi connectivity index (χ1n) is 5.58. The fourth-order valence-electron chi connectivity index (χ4n) is 1.72. The Morgan fingerprint density at radius 1 is 0.941 bits per heavy atom. The van der Waals surface area contributed by atoms with Crippen molar-refractivity contribution in [2.24, 2.45) is 0 Å². The summed E-state index contributed by atoms with van der Waals surface area (Å²) in [5.41, 5.74) is 3.08. The molecule has 0 spiro atoms. The molecular weight excluding hydrogens is 215 g/mol. The average molecular weight is 230 g/mol. The summed E-state index contributed by atoms with van der Waals surface area (Å²) >= 11 is 0. The molecule has 1 N–H and O–H groups in total. The molecule has 1 unspecified atom stereocenters. The van der Waals surface area contributed by atoms with Gasteiger partial charge in [-0.3, -0.25) is 0 Å². The maximum absolute atomic E-state index is 13.4. The van der Waals surface area contributed by atoms with Crippen molar-refractivity contribution in [3.8, 4) is 0 Å². The minimum absolute atomic E-state index is 0.284. The van der Waals surface area contributed by atoms with Gasteiger partial charge in [-0.1, -0.05) is 42.0 Å². The molecule has 0 saturated carbocycles. The number of benzene rings is 2. The summed E-state index contributed by atoms with van der Waals surface area (Å²) in [6, 6.07) is 12.4. The number of rotatable bonds is 2. The molecule has 88 valence electrons. The van der Waals surface area contributed by atoms with E-state index in [4.69, 9.17) is 0 Å². The van der Waals surface area contributed by atoms with E-state index in [1.165, 1.54) is 6.07 Å². The molecule has 0 aliphatic carbocycles. The van der Waals surface area contributed by atoms with E-state index in [1.54, 1.807) is 19.1 Å². The minimum Gasteiger partial charge on any atom is -0.384 e. The normalized spacial score (nSPS) is 12.5. The van der Waals surface area contributed by atoms with E-state index in [9.17, 15) is 9.50 Å². The van der Waals surface area contributed by atoms with Crippen LogP contribution in [-0.4, -0.2) is 5.11 Å². The Balaban J connectivity index is 2.33. The molecule has 2 aromatic rings. The molecule has 2 heteroatoms. The lowest BCUT2D eigenvalue weighted by atomic mass is 9.99. The zero-order chi connectivity index (χ0) is 12.4. The molecule has 0 aromatic heterocycles. The fraction of sp³-hybridized carbons (Fsp3) is 0.200. The monoisotopic (exact) mass is 230 g/mol. The maximum atomic E-state index is 13.4. The van der Waals surface area contributed by atoms with Crippen LogP contribution in [0.4, 0.5) is 4.39 Å². The molecule has 17 heavy (non-hydrogen) atoms. The summed E-state index contributed by atoms with van der Waals surface area (Å²) in [5.74, 6) is -0.284. The Morgan fingerprint density at radius 3 is 2.12 bits per heavy atom. The van der Waals surface area contributed by atoms with Crippen LogP contribution >= 0.6 is 0 Å². The molecule has 2 rings (SSSR count). The van der Waals surface area contributed by atoms with E-state index in [0.717, 1.165) is 11.1 Å². The first-order chi connectivity index (χ1) is 8.08. The zero-order valence-corrected chi connectivity index (χ0v) is 9.94. The predicted molar refractivity (Wildman–Crippen MR) is 66.4 cm³/mol. The summed E-state index contributed by atoms with van der Waals surface area (Å²) in [6.07, 6.45) is -0.773. The van der Waals surface area contributed by atoms with Crippen molar-refractivity contribution < 1.29 is 9.50 Å². The Bertz CT molecular complexity index is 517. The van der Waals surface area contributed by atoms with Gasteiger partial charge >= 0.3 is 0 Å². The summed E-state index contributed by atoms with van der Waals surface area (Å²) in [6.45, 7) is 3.69. The van der Waals surface area contributed by atoms with Gasteiger partial charge in [0.1, 0.15) is 11.9 Å². The lowest BCUT2D eigenvalue weighted by molar-refractivity contribution is 0.220. The molecule has 0 radical (unpaired) electrons. The van der Waals surface area contributed by atoms with Crippen molar-refractivity contribution in [1.29, 1.82) is 0 Å². The molecule has 0 fully saturated rings. The third-order valence-electron chi connectivity index (χ3n) is 2.90. The summed E-state index contributed by atoms with van der Waals surface area (Å²) in [5, 5.41) is 10.1. The van der Waals surface area contributed by atoms with E-state index in [-0.39, 0.29) is 5.82 Å². The second-order valence-electron chi connectivity index (χ2n) is 4.32. The predicted octanol–water partition coefficient (Wildman–Crippen LogP) is 3.52. The number of hydrogen-bond acceptors (Lipinski definition) is 1. The molecule has 0 heterocycles. The van der Waals surface area contributed by atoms with Gasteiger partial charge in [0, 0.05) is 0 Å². The van der Waals surface area contributed by atoms with Gasteiger partial charge in [0.05, 0.1) is 0 Å². The van der Waals surface area contributed by atoms with Crippen LogP contribution in [0.1, 0.15) is 28.4 Å². The minimum atomic E-state index is -0.773. The number of hydrogen-bond donors (Lipinski definition) is 1. The van der Waals surface area contributed by atoms with Gasteiger partial charge in [-0.05, 0) is 36.6 Å². The Kier molecular flexibility index (Phi) is 3.25. The van der Waals surface area contributed by atoms with Crippen LogP contribution < -0.4 is 0 Å². The first-order valence-corrected chi connectivity index (χ1v) is 5.58. The van der Waals surface area contributed by atoms with Crippen LogP contribution in [-0.2, 0) is 0 Å². The largest absolute Gasteiger partial charge is 0.384 e. The summed E-state index contributed by atoms with van der Waals surface area (Å²) in [7, 11) is 0. The number of aliphatic hydroxyl groups is 1. The van der Waals surface area contributed by atoms with Gasteiger partial charge in [-0.2, -0.15) is 0 Å². The van der Waals surface area contributed by atoms with Gasteiger partial charge in [0.15, 0.2) is 0 Å². The number of aryl methyl sites for hydroxylation is 2. The number of aliphatic hydroxyl groups excluding tert-OH is 1. The van der Waals surface area contributed by atoms with Crippen LogP contribution in [0.5, 0.6) is 0 Å². The standard InChI is InChI=1S/C15H15FO/c1-10-3-6-12(7-4-10)15(17)13-8-5-11(2)14(16)9-13/h3-9,15,17H,1-2H3. The van der Waals surface area contributed by atoms with Crippen molar-refractivity contribution in [2.75, 3.05) is 0 Å². The molecule has 0 bridgehead atoms. The highest BCUT2D eigenvalue weighted by atomic mass is 19.1. The second kappa shape index (κ2) is 4.68. The third-order valence-corrected chi connectivity index (χ3v) is 2.90. The highest BCUT2D eigenvalue weighted by Crippen LogP contribution is 2.23. The molecule has 0 aliphatic heterocycles. The quantitative estimate of drug-likeness (QED) is 0.836.